The Labute approximate surface area is 514 Å². The molecular formula is C62H87N13O12S. The molecule has 0 spiro atoms. The Morgan fingerprint density at radius 3 is 2.05 bits per heavy atom. The van der Waals surface area contributed by atoms with Gasteiger partial charge in [0.15, 0.2) is 0 Å². The number of fused-ring (bicyclic) bond motifs is 1. The van der Waals surface area contributed by atoms with Crippen LogP contribution in [-0.4, -0.2) is 151 Å². The van der Waals surface area contributed by atoms with Crippen molar-refractivity contribution < 1.29 is 56.6 Å². The number of imidazole rings is 1. The molecule has 12 N–H and O–H groups in total. The number of aliphatic imine (C=N–C) groups is 1. The Morgan fingerprint density at radius 1 is 0.750 bits per heavy atom. The Kier molecular flexibility index (Phi) is 25.3. The van der Waals surface area contributed by atoms with Gasteiger partial charge >= 0.3 is 0 Å². The van der Waals surface area contributed by atoms with E-state index in [1.54, 1.807) is 59.7 Å². The molecule has 478 valence electrons. The number of nitrogens with two attached hydrogens (primary N) is 1. The summed E-state index contributed by atoms with van der Waals surface area (Å²) in [6.45, 7) is 12.2. The third-order valence-corrected chi connectivity index (χ3v) is 17.7. The number of nitrogens with one attached hydrogen (secondary N) is 9. The number of nitrogens with zero attached hydrogens (tertiary/aromatic N) is 3. The van der Waals surface area contributed by atoms with Gasteiger partial charge in [0.05, 0.1) is 18.3 Å². The fourth-order valence-electron chi connectivity index (χ4n) is 10.8. The molecule has 0 saturated carbocycles. The van der Waals surface area contributed by atoms with Gasteiger partial charge in [0.1, 0.15) is 53.8 Å². The number of carbonyl (C=O) groups excluding carboxylic acids is 8. The molecule has 2 aliphatic heterocycles. The first-order valence-corrected chi connectivity index (χ1v) is 31.5. The Bertz CT molecular complexity index is 3220. The van der Waals surface area contributed by atoms with Crippen molar-refractivity contribution in [1.82, 2.24) is 56.8 Å². The number of carbonyl (C=O) groups is 8. The van der Waals surface area contributed by atoms with Gasteiger partial charge in [0, 0.05) is 57.2 Å². The van der Waals surface area contributed by atoms with Gasteiger partial charge in [-0.05, 0) is 117 Å². The van der Waals surface area contributed by atoms with E-state index < -0.39 is 117 Å². The minimum Gasteiger partial charge on any atom is -0.508 e. The number of sulfonamides is 1. The van der Waals surface area contributed by atoms with Crippen molar-refractivity contribution in [3.05, 3.63) is 107 Å². The van der Waals surface area contributed by atoms with Crippen LogP contribution in [0.1, 0.15) is 119 Å². The molecule has 2 fully saturated rings. The number of phenolic OH excluding ortho intramolecular Hbond substituents is 1. The monoisotopic (exact) mass is 1240 g/mol. The summed E-state index contributed by atoms with van der Waals surface area (Å²) in [5.41, 5.74) is 9.42. The Balaban J connectivity index is 1.30. The number of amides is 8. The van der Waals surface area contributed by atoms with Gasteiger partial charge in [-0.25, -0.2) is 18.1 Å². The summed E-state index contributed by atoms with van der Waals surface area (Å²) in [6.07, 6.45) is 5.24. The summed E-state index contributed by atoms with van der Waals surface area (Å²) < 4.78 is 34.9. The van der Waals surface area contributed by atoms with Crippen LogP contribution in [0.3, 0.4) is 0 Å². The highest BCUT2D eigenvalue weighted by Gasteiger charge is 2.41. The number of aryl methyl sites for hydroxylation is 1. The molecule has 2 saturated heterocycles. The van der Waals surface area contributed by atoms with E-state index in [2.05, 4.69) is 56.9 Å². The molecular weight excluding hydrogens is 1150 g/mol. The summed E-state index contributed by atoms with van der Waals surface area (Å²) in [5.74, 6) is -6.23. The quantitative estimate of drug-likeness (QED) is 0.0436. The summed E-state index contributed by atoms with van der Waals surface area (Å²) in [4.78, 5) is 128. The zero-order valence-corrected chi connectivity index (χ0v) is 52.3. The van der Waals surface area contributed by atoms with E-state index in [-0.39, 0.29) is 75.2 Å². The lowest BCUT2D eigenvalue weighted by molar-refractivity contribution is -0.142. The first-order valence-electron chi connectivity index (χ1n) is 30.1. The SMILES string of the molecule is CC[C@H](C)[C@@H]1NC(=O)[C@H](Cc2ccc(O)cc2)NC(=O)[C@H](C(C)C)NC(=O)[C@H](CCCN=C(N)NS(=O)(=O)c2c(C)cc(OC)c(C)c2C)NC(=O)CCCCCNC(=O)[C@H](Cc2ccccc2)NC(=O)[C@@H]2CCCN2C(=O)[C@H](Cc2cnc[nH]2)NC1=O. The van der Waals surface area contributed by atoms with E-state index >= 15 is 0 Å². The van der Waals surface area contributed by atoms with Crippen molar-refractivity contribution >= 4 is 63.2 Å². The summed E-state index contributed by atoms with van der Waals surface area (Å²) in [6, 6.07) is 8.15. The van der Waals surface area contributed by atoms with Crippen LogP contribution in [0.25, 0.3) is 0 Å². The van der Waals surface area contributed by atoms with E-state index in [1.165, 1.54) is 36.7 Å². The number of rotatable bonds is 16. The number of methoxy groups -OCH3 is 1. The lowest BCUT2D eigenvalue weighted by atomic mass is 9.96. The Hall–Kier alpha value is -8.55. The molecule has 8 amide bonds. The van der Waals surface area contributed by atoms with Gasteiger partial charge < -0.3 is 62.7 Å². The van der Waals surface area contributed by atoms with Gasteiger partial charge in [-0.3, -0.25) is 43.3 Å². The number of aromatic nitrogens is 2. The fourth-order valence-corrected chi connectivity index (χ4v) is 12.3. The third-order valence-electron chi connectivity index (χ3n) is 16.1. The summed E-state index contributed by atoms with van der Waals surface area (Å²) in [5, 5.41) is 30.1. The fraction of sp³-hybridized carbons (Fsp3) is 0.516. The number of ether oxygens (including phenoxy) is 1. The number of H-pyrrole nitrogens is 1. The average Bonchev–Trinajstić information content (AvgIpc) is 1.51. The number of hydrogen-bond donors (Lipinski definition) is 11. The molecule has 1 aromatic heterocycles. The van der Waals surface area contributed by atoms with Crippen LogP contribution in [0.5, 0.6) is 11.5 Å². The van der Waals surface area contributed by atoms with Crippen molar-refractivity contribution in [1.29, 1.82) is 0 Å². The first-order chi connectivity index (χ1) is 41.9. The van der Waals surface area contributed by atoms with Crippen molar-refractivity contribution in [3.8, 4) is 11.5 Å². The molecule has 3 aromatic carbocycles. The molecule has 3 heterocycles. The van der Waals surface area contributed by atoms with Crippen molar-refractivity contribution in [2.24, 2.45) is 22.6 Å². The van der Waals surface area contributed by atoms with E-state index in [0.717, 1.165) is 5.56 Å². The second-order valence-corrected chi connectivity index (χ2v) is 24.6. The lowest BCUT2D eigenvalue weighted by Crippen LogP contribution is -2.62. The van der Waals surface area contributed by atoms with Gasteiger partial charge in [-0.15, -0.1) is 0 Å². The second-order valence-electron chi connectivity index (χ2n) is 23.0. The van der Waals surface area contributed by atoms with Gasteiger partial charge in [0.2, 0.25) is 53.2 Å². The molecule has 0 unspecified atom stereocenters. The zero-order valence-electron chi connectivity index (χ0n) is 51.5. The molecule has 4 aromatic rings. The molecule has 88 heavy (non-hydrogen) atoms. The molecule has 25 nitrogen and oxygen atoms in total. The van der Waals surface area contributed by atoms with Crippen LogP contribution in [0.4, 0.5) is 0 Å². The lowest BCUT2D eigenvalue weighted by Gasteiger charge is -2.32. The molecule has 0 radical (unpaired) electrons. The van der Waals surface area contributed by atoms with Gasteiger partial charge in [-0.1, -0.05) is 83.0 Å². The zero-order chi connectivity index (χ0) is 64.2. The number of aromatic hydroxyl groups is 1. The number of guanidine groups is 1. The second kappa shape index (κ2) is 32.4. The van der Waals surface area contributed by atoms with Crippen LogP contribution in [0, 0.1) is 32.6 Å². The topological polar surface area (TPSA) is 367 Å². The normalized spacial score (nSPS) is 22.6. The largest absolute Gasteiger partial charge is 0.508 e. The number of benzene rings is 3. The number of phenols is 1. The average molecular weight is 1240 g/mol. The Morgan fingerprint density at radius 2 is 1.39 bits per heavy atom. The highest BCUT2D eigenvalue weighted by atomic mass is 32.2. The molecule has 2 aliphatic rings. The van der Waals surface area contributed by atoms with Crippen molar-refractivity contribution in [2.45, 2.75) is 173 Å². The molecule has 26 heteroatoms. The van der Waals surface area contributed by atoms with E-state index in [4.69, 9.17) is 10.5 Å². The smallest absolute Gasteiger partial charge is 0.264 e. The minimum absolute atomic E-state index is 0.0145. The van der Waals surface area contributed by atoms with E-state index in [0.29, 0.717) is 65.8 Å². The summed E-state index contributed by atoms with van der Waals surface area (Å²) >= 11 is 0. The van der Waals surface area contributed by atoms with Gasteiger partial charge in [0.25, 0.3) is 10.0 Å². The number of aromatic amines is 1. The minimum atomic E-state index is -4.21. The molecule has 8 atom stereocenters. The van der Waals surface area contributed by atoms with E-state index in [1.807, 2.05) is 37.3 Å². The van der Waals surface area contributed by atoms with Crippen molar-refractivity contribution in [3.63, 3.8) is 0 Å². The highest BCUT2D eigenvalue weighted by molar-refractivity contribution is 7.90. The van der Waals surface area contributed by atoms with Crippen LogP contribution < -0.4 is 52.4 Å². The van der Waals surface area contributed by atoms with Gasteiger partial charge in [-0.2, -0.15) is 0 Å². The van der Waals surface area contributed by atoms with Crippen molar-refractivity contribution in [2.75, 3.05) is 26.7 Å². The van der Waals surface area contributed by atoms with E-state index in [9.17, 15) is 51.9 Å². The predicted molar refractivity (Wildman–Crippen MR) is 330 cm³/mol. The van der Waals surface area contributed by atoms with Crippen LogP contribution >= 0.6 is 0 Å². The van der Waals surface area contributed by atoms with Crippen LogP contribution in [0.15, 0.2) is 83.1 Å². The molecule has 0 bridgehead atoms. The standard InChI is InChI=1S/C62H87N13O12S/c1-9-37(4)53-60(83)71-48(33-43-34-64-35-67-43)61(84)75-29-17-21-49(75)58(81)69-46(31-41-18-12-10-13-19-41)55(78)65-27-15-11-14-22-51(77)68-45(20-16-28-66-62(63)74-88(85,86)54-38(5)30-50(87-8)39(6)40(54)7)56(79)72-52(36(2)3)59(82)70-47(57(80)73-53)32-42-23-25-44(76)26-24-42/h10,12-13,18-19,23-26,30,34-37,45-49,52-53,76H,9,11,14-17,20-22,27-29,31-33H2,1-8H3,(H,64,67)(H,65,78)(H,68,77)(H,69,81)(H,70,82)(H,71,83)(H,72,79)(H,73,80)(H3,63,66,74)/t37-,45-,46-,47-,48-,49-,52-,53-/m0/s1. The first kappa shape index (κ1) is 68.6. The third kappa shape index (κ3) is 19.2. The maximum atomic E-state index is 14.9. The predicted octanol–water partition coefficient (Wildman–Crippen LogP) is 2.44. The maximum absolute atomic E-state index is 14.9. The number of hydrogen-bond acceptors (Lipinski definition) is 14. The maximum Gasteiger partial charge on any atom is 0.264 e. The summed E-state index contributed by atoms with van der Waals surface area (Å²) in [7, 11) is -2.72. The molecule has 6 rings (SSSR count). The van der Waals surface area contributed by atoms with Crippen LogP contribution in [0.2, 0.25) is 0 Å². The van der Waals surface area contributed by atoms with Crippen LogP contribution in [-0.2, 0) is 67.6 Å². The molecule has 0 aliphatic carbocycles. The highest BCUT2D eigenvalue weighted by Crippen LogP contribution is 2.30.